The van der Waals surface area contributed by atoms with Crippen LogP contribution in [0.3, 0.4) is 0 Å². The number of anilines is 1. The van der Waals surface area contributed by atoms with Crippen molar-refractivity contribution in [2.24, 2.45) is 0 Å². The molecule has 0 spiro atoms. The molecule has 4 aromatic rings. The van der Waals surface area contributed by atoms with Crippen LogP contribution in [0.2, 0.25) is 0 Å². The summed E-state index contributed by atoms with van der Waals surface area (Å²) >= 11 is 0. The van der Waals surface area contributed by atoms with Crippen LogP contribution < -0.4 is 10.5 Å². The molecule has 7 rings (SSSR count). The molecule has 39 heavy (non-hydrogen) atoms. The molecule has 8 heteroatoms. The number of amides is 2. The zero-order valence-corrected chi connectivity index (χ0v) is 22.5. The Morgan fingerprint density at radius 3 is 2.41 bits per heavy atom. The molecule has 200 valence electrons. The van der Waals surface area contributed by atoms with Gasteiger partial charge < -0.3 is 19.9 Å². The van der Waals surface area contributed by atoms with Crippen LogP contribution in [0.5, 0.6) is 5.75 Å². The molecule has 0 radical (unpaired) electrons. The minimum absolute atomic E-state index is 0.149. The number of aryl methyl sites for hydroxylation is 1. The number of quaternary nitrogens is 1. The van der Waals surface area contributed by atoms with Crippen LogP contribution >= 0.6 is 0 Å². The van der Waals surface area contributed by atoms with E-state index in [4.69, 9.17) is 10.5 Å². The number of nitrogens with one attached hydrogen (secondary N) is 1. The maximum absolute atomic E-state index is 14.0. The van der Waals surface area contributed by atoms with Crippen molar-refractivity contribution in [1.82, 2.24) is 14.8 Å². The number of carbonyl (C=O) groups excluding carboxylic acids is 2. The Balaban J connectivity index is 1.19. The van der Waals surface area contributed by atoms with E-state index in [0.717, 1.165) is 89.5 Å². The minimum atomic E-state index is -0.189. The fourth-order valence-corrected chi connectivity index (χ4v) is 6.93. The third-order valence-corrected chi connectivity index (χ3v) is 9.04. The van der Waals surface area contributed by atoms with E-state index in [2.05, 4.69) is 29.1 Å². The van der Waals surface area contributed by atoms with E-state index < -0.39 is 0 Å². The molecular weight excluding hydrogens is 490 g/mol. The number of carbonyl (C=O) groups is 2. The van der Waals surface area contributed by atoms with Crippen LogP contribution in [0.4, 0.5) is 5.69 Å². The van der Waals surface area contributed by atoms with Crippen LogP contribution in [-0.4, -0.2) is 78.1 Å². The number of piperazine rings is 1. The van der Waals surface area contributed by atoms with Crippen molar-refractivity contribution in [3.63, 3.8) is 0 Å². The Bertz CT molecular complexity index is 1650. The van der Waals surface area contributed by atoms with Crippen molar-refractivity contribution in [2.75, 3.05) is 52.7 Å². The summed E-state index contributed by atoms with van der Waals surface area (Å²) in [5.74, 6) is 0.377. The van der Waals surface area contributed by atoms with Gasteiger partial charge in [0, 0.05) is 29.7 Å². The first kappa shape index (κ1) is 24.2. The number of benzene rings is 3. The summed E-state index contributed by atoms with van der Waals surface area (Å²) in [5, 5.41) is 1.72. The largest absolute Gasteiger partial charge is 0.496 e. The summed E-state index contributed by atoms with van der Waals surface area (Å²) in [6.45, 7) is 4.82. The molecule has 0 bridgehead atoms. The van der Waals surface area contributed by atoms with Crippen LogP contribution in [-0.2, 0) is 19.4 Å². The van der Waals surface area contributed by atoms with Gasteiger partial charge in [0.15, 0.2) is 0 Å². The molecule has 3 aromatic carbocycles. The lowest BCUT2D eigenvalue weighted by Crippen LogP contribution is -2.58. The maximum atomic E-state index is 14.0. The minimum Gasteiger partial charge on any atom is -0.496 e. The summed E-state index contributed by atoms with van der Waals surface area (Å²) in [6, 6.07) is 14.0. The lowest BCUT2D eigenvalue weighted by Gasteiger charge is -2.42. The number of methoxy groups -OCH3 is 1. The molecule has 1 aromatic heterocycles. The van der Waals surface area contributed by atoms with E-state index in [1.165, 1.54) is 16.0 Å². The number of nitrogen functional groups attached to an aromatic ring is 1. The molecule has 0 saturated carbocycles. The Morgan fingerprint density at radius 2 is 1.67 bits per heavy atom. The highest BCUT2D eigenvalue weighted by molar-refractivity contribution is 6.31. The van der Waals surface area contributed by atoms with Gasteiger partial charge in [-0.25, -0.2) is 0 Å². The maximum Gasteiger partial charge on any atom is 0.263 e. The number of imide groups is 1. The van der Waals surface area contributed by atoms with Crippen molar-refractivity contribution in [3.8, 4) is 5.75 Å². The number of aromatic amines is 1. The monoisotopic (exact) mass is 524 g/mol. The first-order valence-electron chi connectivity index (χ1n) is 13.8. The molecule has 0 unspecified atom stereocenters. The van der Waals surface area contributed by atoms with Gasteiger partial charge in [0.2, 0.25) is 0 Å². The van der Waals surface area contributed by atoms with Crippen molar-refractivity contribution in [3.05, 3.63) is 70.3 Å². The number of nitrogens with zero attached hydrogens (tertiary/aromatic N) is 3. The Hall–Kier alpha value is -3.88. The Kier molecular flexibility index (Phi) is 5.47. The number of H-pyrrole nitrogens is 1. The van der Waals surface area contributed by atoms with Gasteiger partial charge in [-0.15, -0.1) is 0 Å². The Labute approximate surface area is 227 Å². The van der Waals surface area contributed by atoms with Crippen LogP contribution in [0.25, 0.3) is 21.8 Å². The lowest BCUT2D eigenvalue weighted by molar-refractivity contribution is -0.926. The number of nitrogens with two attached hydrogens (primary N) is 1. The number of fused-ring (bicyclic) bond motifs is 8. The second-order valence-electron chi connectivity index (χ2n) is 11.6. The van der Waals surface area contributed by atoms with E-state index in [-0.39, 0.29) is 11.8 Å². The van der Waals surface area contributed by atoms with E-state index in [9.17, 15) is 9.59 Å². The van der Waals surface area contributed by atoms with Gasteiger partial charge in [-0.05, 0) is 54.7 Å². The summed E-state index contributed by atoms with van der Waals surface area (Å²) < 4.78 is 6.63. The van der Waals surface area contributed by atoms with Crippen molar-refractivity contribution >= 4 is 39.3 Å². The van der Waals surface area contributed by atoms with Crippen molar-refractivity contribution in [1.29, 1.82) is 0 Å². The molecule has 2 aliphatic heterocycles. The quantitative estimate of drug-likeness (QED) is 0.235. The zero-order chi connectivity index (χ0) is 26.9. The van der Waals surface area contributed by atoms with Gasteiger partial charge in [-0.2, -0.15) is 0 Å². The predicted molar refractivity (Wildman–Crippen MR) is 152 cm³/mol. The third-order valence-electron chi connectivity index (χ3n) is 9.04. The highest BCUT2D eigenvalue weighted by atomic mass is 16.5. The van der Waals surface area contributed by atoms with Crippen LogP contribution in [0.15, 0.2) is 42.5 Å². The average Bonchev–Trinajstić information content (AvgIpc) is 3.63. The summed E-state index contributed by atoms with van der Waals surface area (Å²) in [4.78, 5) is 35.2. The van der Waals surface area contributed by atoms with Gasteiger partial charge in [0.25, 0.3) is 11.8 Å². The number of hydrogen-bond acceptors (Lipinski definition) is 5. The number of likely N-dealkylation sites (N-methyl/N-ethyl adjacent to an activating group) is 1. The van der Waals surface area contributed by atoms with E-state index in [1.54, 1.807) is 7.11 Å². The number of rotatable bonds is 5. The lowest BCUT2D eigenvalue weighted by atomic mass is 9.93. The topological polar surface area (TPSA) is 91.7 Å². The van der Waals surface area contributed by atoms with Crippen LogP contribution in [0, 0.1) is 0 Å². The number of ether oxygens (including phenoxy) is 1. The highest BCUT2D eigenvalue weighted by Gasteiger charge is 2.43. The molecule has 1 aliphatic carbocycles. The first-order valence-corrected chi connectivity index (χ1v) is 13.8. The second-order valence-corrected chi connectivity index (χ2v) is 11.6. The van der Waals surface area contributed by atoms with E-state index >= 15 is 0 Å². The summed E-state index contributed by atoms with van der Waals surface area (Å²) in [6.07, 6.45) is 2.73. The molecule has 1 saturated heterocycles. The second kappa shape index (κ2) is 8.83. The molecule has 0 atom stereocenters. The molecule has 3 aliphatic rings. The molecule has 8 nitrogen and oxygen atoms in total. The summed E-state index contributed by atoms with van der Waals surface area (Å²) in [7, 11) is 3.93. The first-order chi connectivity index (χ1) is 18.9. The average molecular weight is 525 g/mol. The smallest absolute Gasteiger partial charge is 0.263 e. The van der Waals surface area contributed by atoms with Gasteiger partial charge in [-0.1, -0.05) is 18.2 Å². The van der Waals surface area contributed by atoms with Gasteiger partial charge in [0.05, 0.1) is 61.5 Å². The van der Waals surface area contributed by atoms with Crippen molar-refractivity contribution < 1.29 is 18.8 Å². The molecule has 2 amide bonds. The molecule has 3 heterocycles. The third kappa shape index (κ3) is 3.73. The van der Waals surface area contributed by atoms with Crippen LogP contribution in [0.1, 0.15) is 43.8 Å². The van der Waals surface area contributed by atoms with Gasteiger partial charge >= 0.3 is 0 Å². The molecule has 1 fully saturated rings. The zero-order valence-electron chi connectivity index (χ0n) is 22.5. The van der Waals surface area contributed by atoms with Crippen molar-refractivity contribution in [2.45, 2.75) is 25.8 Å². The number of aromatic nitrogens is 1. The fourth-order valence-electron chi connectivity index (χ4n) is 6.93. The fraction of sp³-hybridized carbons (Fsp3) is 0.355. The SMILES string of the molecule is COc1cccc2[nH]c3c4c(c5c(c3c12)C(=O)N(CN1CC[N+](C)(Cc2ccc(N)cc2)CC1)C5=O)CCC4. The summed E-state index contributed by atoms with van der Waals surface area (Å²) in [5.41, 5.74) is 13.2. The standard InChI is InChI=1S/C31H33N5O3/c1-36(17-19-9-11-20(32)12-10-19)15-13-34(14-16-36)18-35-30(37)25-21-5-3-6-22(21)29-27(28(25)31(35)38)26-23(33-29)7-4-8-24(26)39-2/h4,7-12H,3,5-6,13-18,32H2,1-2H3/p+1. The normalized spacial score (nSPS) is 18.8. The molecular formula is C31H34N5O3+. The van der Waals surface area contributed by atoms with Gasteiger partial charge in [-0.3, -0.25) is 19.4 Å². The van der Waals surface area contributed by atoms with E-state index in [0.29, 0.717) is 23.5 Å². The predicted octanol–water partition coefficient (Wildman–Crippen LogP) is 3.92. The highest BCUT2D eigenvalue weighted by Crippen LogP contribution is 2.45. The van der Waals surface area contributed by atoms with E-state index in [1.807, 2.05) is 30.3 Å². The van der Waals surface area contributed by atoms with Gasteiger partial charge in [0.1, 0.15) is 12.3 Å². The number of hydrogen-bond donors (Lipinski definition) is 2. The molecule has 3 N–H and O–H groups in total. The Morgan fingerprint density at radius 1 is 0.949 bits per heavy atom.